The molecule has 3 N–H and O–H groups in total. The third-order valence-electron chi connectivity index (χ3n) is 24.5. The third kappa shape index (κ3) is 25.8. The molecule has 6 aliphatic heterocycles. The number of ether oxygens (including phenoxy) is 5. The van der Waals surface area contributed by atoms with E-state index in [9.17, 15) is 26.2 Å². The zero-order chi connectivity index (χ0) is 101. The summed E-state index contributed by atoms with van der Waals surface area (Å²) in [6.45, 7) is 20.4. The third-order valence-corrected chi connectivity index (χ3v) is 31.6. The molecule has 17 heterocycles. The number of hydrogen-bond acceptors (Lipinski definition) is 38. The van der Waals surface area contributed by atoms with Crippen LogP contribution in [0.2, 0.25) is 0 Å². The Balaban J connectivity index is 0.000000124. The number of benzene rings is 1. The van der Waals surface area contributed by atoms with E-state index in [2.05, 4.69) is 155 Å². The molecule has 12 aromatic rings. The molecule has 0 saturated carbocycles. The van der Waals surface area contributed by atoms with E-state index in [1.54, 1.807) is 153 Å². The summed E-state index contributed by atoms with van der Waals surface area (Å²) in [6, 6.07) is 31.1. The number of nitrogens with two attached hydrogens (primary N) is 1. The average molecular weight is 2070 g/mol. The number of aromatic nitrogens is 17. The maximum Gasteiger partial charge on any atom is 0.182 e. The molecule has 1 aromatic carbocycles. The fraction of sp³-hybridized carbons (Fsp3) is 0.394. The van der Waals surface area contributed by atoms with Crippen molar-refractivity contribution in [2.75, 3.05) is 178 Å². The van der Waals surface area contributed by atoms with Crippen LogP contribution in [-0.2, 0) is 98.6 Å². The lowest BCUT2D eigenvalue weighted by atomic mass is 10.1. The number of nitrogens with zero attached hydrogens (tertiary/aromatic N) is 27. The Morgan fingerprint density at radius 1 is 0.444 bits per heavy atom. The lowest BCUT2D eigenvalue weighted by Crippen LogP contribution is -2.44. The van der Waals surface area contributed by atoms with Crippen molar-refractivity contribution in [3.05, 3.63) is 197 Å². The van der Waals surface area contributed by atoms with Gasteiger partial charge in [-0.05, 0) is 108 Å². The Kier molecular flexibility index (Phi) is 32.0. The highest BCUT2D eigenvalue weighted by atomic mass is 35.5. The van der Waals surface area contributed by atoms with Crippen LogP contribution in [0.1, 0.15) is 81.2 Å². The van der Waals surface area contributed by atoms with Crippen LogP contribution in [0.25, 0.3) is 75.3 Å². The summed E-state index contributed by atoms with van der Waals surface area (Å²) in [7, 11) is -10.6. The van der Waals surface area contributed by atoms with Gasteiger partial charge in [-0.15, -0.1) is 0 Å². The highest BCUT2D eigenvalue weighted by Crippen LogP contribution is 2.40. The molecule has 144 heavy (non-hydrogen) atoms. The number of aromatic hydroxyl groups is 1. The summed E-state index contributed by atoms with van der Waals surface area (Å²) in [4.78, 5) is 80.7. The molecule has 0 amide bonds. The first-order valence-corrected chi connectivity index (χ1v) is 58.0. The summed E-state index contributed by atoms with van der Waals surface area (Å²) in [5.74, 6) is 10.0. The van der Waals surface area contributed by atoms with Gasteiger partial charge in [0.15, 0.2) is 58.2 Å². The summed E-state index contributed by atoms with van der Waals surface area (Å²) < 4.78 is 116. The maximum atomic E-state index is 13.4. The Morgan fingerprint density at radius 2 is 0.854 bits per heavy atom. The van der Waals surface area contributed by atoms with Crippen LogP contribution in [0.3, 0.4) is 0 Å². The number of allylic oxidation sites excluding steroid dienone is 3. The van der Waals surface area contributed by atoms with Gasteiger partial charge in [-0.3, -0.25) is 24.6 Å². The molecule has 0 spiro atoms. The number of fused-ring (bicyclic) bond motifs is 3. The lowest BCUT2D eigenvalue weighted by molar-refractivity contribution is 0.0985. The van der Waals surface area contributed by atoms with Gasteiger partial charge in [0, 0.05) is 239 Å². The van der Waals surface area contributed by atoms with Gasteiger partial charge in [0.05, 0.1) is 159 Å². The van der Waals surface area contributed by atoms with Crippen LogP contribution >= 0.6 is 11.6 Å². The van der Waals surface area contributed by atoms with Crippen molar-refractivity contribution in [1.29, 1.82) is 0 Å². The van der Waals surface area contributed by atoms with E-state index in [1.807, 2.05) is 48.5 Å². The summed E-state index contributed by atoms with van der Waals surface area (Å²) >= 11 is 6.27. The molecule has 11 aromatic heterocycles. The summed E-state index contributed by atoms with van der Waals surface area (Å²) in [5, 5.41) is 14.6. The highest BCUT2D eigenvalue weighted by molar-refractivity contribution is 7.94. The number of halogens is 1. The smallest absolute Gasteiger partial charge is 0.182 e. The van der Waals surface area contributed by atoms with Crippen molar-refractivity contribution in [2.24, 2.45) is 28.9 Å². The Hall–Kier alpha value is -12.8. The number of anilines is 6. The molecule has 45 heteroatoms. The number of nitrogen functional groups attached to an aromatic ring is 1. The van der Waals surface area contributed by atoms with Crippen molar-refractivity contribution in [2.45, 2.75) is 107 Å². The summed E-state index contributed by atoms with van der Waals surface area (Å²) in [5.41, 5.74) is 15.6. The van der Waals surface area contributed by atoms with Gasteiger partial charge in [-0.25, -0.2) is 75.9 Å². The van der Waals surface area contributed by atoms with Crippen LogP contribution < -0.4 is 30.2 Å². The van der Waals surface area contributed by atoms with E-state index >= 15 is 0 Å². The van der Waals surface area contributed by atoms with E-state index in [0.717, 1.165) is 125 Å². The first kappa shape index (κ1) is 103. The molecule has 756 valence electrons. The van der Waals surface area contributed by atoms with E-state index in [0.29, 0.717) is 187 Å². The second kappa shape index (κ2) is 44.8. The number of morpholine rings is 5. The Bertz CT molecular complexity index is 7410. The van der Waals surface area contributed by atoms with Crippen LogP contribution in [0.5, 0.6) is 5.75 Å². The van der Waals surface area contributed by atoms with E-state index in [4.69, 9.17) is 70.9 Å². The number of rotatable bonds is 17. The van der Waals surface area contributed by atoms with Gasteiger partial charge in [-0.1, -0.05) is 54.1 Å². The fourth-order valence-electron chi connectivity index (χ4n) is 17.4. The second-order valence-electron chi connectivity index (χ2n) is 36.6. The number of phenolic OH excluding ortho intramolecular Hbond substituents is 1. The van der Waals surface area contributed by atoms with Crippen molar-refractivity contribution < 1.29 is 49.8 Å². The van der Waals surface area contributed by atoms with Gasteiger partial charge in [0.1, 0.15) is 46.4 Å². The largest absolute Gasteiger partial charge is 0.508 e. The molecule has 0 radical (unpaired) electrons. The van der Waals surface area contributed by atoms with Gasteiger partial charge in [0.25, 0.3) is 0 Å². The predicted molar refractivity (Wildman–Crippen MR) is 565 cm³/mol. The van der Waals surface area contributed by atoms with Gasteiger partial charge < -0.3 is 59.0 Å². The molecule has 6 saturated heterocycles. The molecule has 21 rings (SSSR count). The van der Waals surface area contributed by atoms with Gasteiger partial charge >= 0.3 is 0 Å². The maximum absolute atomic E-state index is 13.4. The fourth-order valence-corrected chi connectivity index (χ4v) is 23.2. The molecule has 39 nitrogen and oxygen atoms in total. The SMILES string of the molecule is C[C@@H]1COCCN1c1cc(N=S(C)(=O)c2cccnc2)nc(-c2ccnc3c2C=CC3)n1.C[C@@H]1COCCN1c1cc(N=S(C)(=O)c2cnn(C)c2)nc(-c2ccnc3c2C=CC3)n1.C[C@@H]1COCCN1c1cc(N=S(C)(C)=O)nc(-c2cccc(N)n2)n1.C[C@@H]1COCCN1c1cc(N=S(C)(C)=O)nc(-c2cccc(O)c2)n1.C[C@@H]1COCCN1c1cc(N=S2(=O)CCCC2)nc(-c2ccnc3c2C=C(Cl)C3)n1. The number of hydrogen-bond donors (Lipinski definition) is 2. The summed E-state index contributed by atoms with van der Waals surface area (Å²) in [6.07, 6.45) is 35.7. The molecule has 0 bridgehead atoms. The van der Waals surface area contributed by atoms with E-state index in [1.165, 1.54) is 0 Å². The Morgan fingerprint density at radius 3 is 1.28 bits per heavy atom. The first-order chi connectivity index (χ1) is 69.1. The molecule has 9 aliphatic rings. The number of phenols is 1. The topological polar surface area (TPSA) is 467 Å². The molecule has 3 aliphatic carbocycles. The van der Waals surface area contributed by atoms with Crippen LogP contribution in [0.15, 0.2) is 195 Å². The average Bonchev–Trinajstić information content (AvgIpc) is 1.49. The predicted octanol–water partition coefficient (Wildman–Crippen LogP) is 14.3. The molecule has 2 unspecified atom stereocenters. The molecule has 7 atom stereocenters. The highest BCUT2D eigenvalue weighted by Gasteiger charge is 2.32. The number of pyridine rings is 5. The van der Waals surface area contributed by atoms with Gasteiger partial charge in [-0.2, -0.15) is 26.9 Å². The quantitative estimate of drug-likeness (QED) is 0.0855. The normalized spacial score (nSPS) is 19.7. The van der Waals surface area contributed by atoms with E-state index < -0.39 is 48.6 Å². The minimum Gasteiger partial charge on any atom is -0.508 e. The zero-order valence-corrected chi connectivity index (χ0v) is 87.1. The first-order valence-electron chi connectivity index (χ1n) is 47.3. The van der Waals surface area contributed by atoms with Crippen LogP contribution in [-0.4, -0.2) is 289 Å². The van der Waals surface area contributed by atoms with Crippen molar-refractivity contribution in [3.8, 4) is 62.8 Å². The van der Waals surface area contributed by atoms with Gasteiger partial charge in [0.2, 0.25) is 0 Å². The van der Waals surface area contributed by atoms with Crippen LogP contribution in [0, 0.1) is 0 Å². The Labute approximate surface area is 844 Å². The monoisotopic (exact) mass is 2070 g/mol. The molecular weight excluding hydrogens is 1950 g/mol. The zero-order valence-electron chi connectivity index (χ0n) is 82.3. The lowest BCUT2D eigenvalue weighted by Gasteiger charge is -2.34. The standard InChI is InChI=1S/C23H24N6O2S.C22H25N7O2S.C21H24ClN5O2S.C17H22N4O3S.C16H22N6O2S/c1-16-15-31-12-11-29(16)22-13-21(28-32(2,30)17-5-4-9-24-14-17)26-23(27-22)19-8-10-25-20-7-3-6-18(19)20;1-15-14-31-10-9-29(15)21-11-20(27-32(3,30)16-12-24-28(2)13-16)25-22(26-21)18-7-8-23-19-6-4-5-17(18)19;1-14-13-29-7-6-27(14)20-12-19(26-30(28)8-2-3-9-30)24-21(25-20)16-4-5-23-18-11-15(22)10-17(16)18;1-12-11-24-8-7-21(12)16-10-15(20-25(2,3)23)18-17(19-16)13-5-4-6-14(22)9-13;1-11-10-24-8-7-22(11)15-9-14(21-25(2,3)23)19-16(20-15)12-5-4-6-13(17)18-12/h3-6,8-10,13-14,16H,7,11-12,15H2,1-2H3;4-5,7-8,11-13,15H,6,9-10,14H2,1-3H3;4-5,10,12,14H,2-3,6-9,11,13H2,1H3;4-6,9-10,12,22H,7-8,11H2,1-3H3;4-6,9,11H,7-8,10H2,1-3H3,(H2,17,18)/t16-,32?;15-,32?;14-;12-;11-/m11111/s1. The minimum atomic E-state index is -2.73. The second-order valence-corrected chi connectivity index (χ2v) is 49.3. The minimum absolute atomic E-state index is 0.138. The number of aryl methyl sites for hydroxylation is 1. The van der Waals surface area contributed by atoms with Crippen molar-refractivity contribution >= 4 is 142 Å². The van der Waals surface area contributed by atoms with E-state index in [-0.39, 0.29) is 36.0 Å². The molecular formula is C99H117ClN28O11S5. The van der Waals surface area contributed by atoms with Crippen molar-refractivity contribution in [1.82, 2.24) is 84.5 Å². The molecule has 6 fully saturated rings. The van der Waals surface area contributed by atoms with Crippen molar-refractivity contribution in [3.63, 3.8) is 0 Å². The van der Waals surface area contributed by atoms with Crippen LogP contribution in [0.4, 0.5) is 64.0 Å².